The smallest absolute Gasteiger partial charge is 0.410 e. The summed E-state index contributed by atoms with van der Waals surface area (Å²) in [7, 11) is 0. The van der Waals surface area contributed by atoms with Crippen LogP contribution in [0.3, 0.4) is 0 Å². The fourth-order valence-electron chi connectivity index (χ4n) is 4.62. The normalized spacial score (nSPS) is 36.4. The summed E-state index contributed by atoms with van der Waals surface area (Å²) in [5, 5.41) is 0. The Morgan fingerprint density at radius 2 is 1.71 bits per heavy atom. The summed E-state index contributed by atoms with van der Waals surface area (Å²) in [6, 6.07) is 0.778. The number of carbonyl (C=O) groups is 2. The van der Waals surface area contributed by atoms with Crippen molar-refractivity contribution in [3.63, 3.8) is 0 Å². The largest absolute Gasteiger partial charge is 0.444 e. The van der Waals surface area contributed by atoms with E-state index < -0.39 is 5.60 Å². The van der Waals surface area contributed by atoms with E-state index in [4.69, 9.17) is 9.47 Å². The highest BCUT2D eigenvalue weighted by molar-refractivity contribution is 5.79. The minimum Gasteiger partial charge on any atom is -0.444 e. The quantitative estimate of drug-likeness (QED) is 0.737. The van der Waals surface area contributed by atoms with Gasteiger partial charge in [-0.15, -0.1) is 0 Å². The fraction of sp³-hybridized carbons (Fsp3) is 0.889. The van der Waals surface area contributed by atoms with Gasteiger partial charge in [0, 0.05) is 18.1 Å². The zero-order valence-corrected chi connectivity index (χ0v) is 14.9. The van der Waals surface area contributed by atoms with Crippen molar-refractivity contribution in [2.24, 2.45) is 0 Å². The van der Waals surface area contributed by atoms with Crippen molar-refractivity contribution in [3.05, 3.63) is 0 Å². The minimum absolute atomic E-state index is 0.130. The van der Waals surface area contributed by atoms with E-state index in [-0.39, 0.29) is 36.3 Å². The lowest BCUT2D eigenvalue weighted by molar-refractivity contribution is -0.176. The lowest BCUT2D eigenvalue weighted by Gasteiger charge is -2.50. The molecule has 2 atom stereocenters. The van der Waals surface area contributed by atoms with Crippen LogP contribution >= 0.6 is 0 Å². The fourth-order valence-corrected chi connectivity index (χ4v) is 4.62. The number of morpholine rings is 1. The number of fused-ring (bicyclic) bond motifs is 2. The second-order valence-corrected chi connectivity index (χ2v) is 8.91. The third-order valence-corrected chi connectivity index (χ3v) is 5.71. The molecule has 0 radical (unpaired) electrons. The number of hydrogen-bond donors (Lipinski definition) is 0. The van der Waals surface area contributed by atoms with Crippen LogP contribution in [-0.4, -0.2) is 64.3 Å². The third kappa shape index (κ3) is 2.89. The number of amides is 2. The summed E-state index contributed by atoms with van der Waals surface area (Å²) in [4.78, 5) is 28.7. The molecule has 3 saturated heterocycles. The number of hydrogen-bond acceptors (Lipinski definition) is 4. The van der Waals surface area contributed by atoms with Gasteiger partial charge in [-0.2, -0.15) is 0 Å². The predicted octanol–water partition coefficient (Wildman–Crippen LogP) is 2.31. The van der Waals surface area contributed by atoms with Crippen molar-refractivity contribution >= 4 is 12.0 Å². The number of ether oxygens (including phenoxy) is 2. The average molecular weight is 336 g/mol. The minimum atomic E-state index is -0.470. The van der Waals surface area contributed by atoms with E-state index in [0.29, 0.717) is 12.6 Å². The molecule has 0 aromatic carbocycles. The van der Waals surface area contributed by atoms with E-state index >= 15 is 0 Å². The molecule has 2 bridgehead atoms. The van der Waals surface area contributed by atoms with Gasteiger partial charge in [-0.3, -0.25) is 4.79 Å². The molecular formula is C18H28N2O4. The van der Waals surface area contributed by atoms with Gasteiger partial charge >= 0.3 is 6.09 Å². The average Bonchev–Trinajstić information content (AvgIpc) is 3.26. The van der Waals surface area contributed by atoms with Crippen LogP contribution in [-0.2, 0) is 14.3 Å². The molecule has 0 N–H and O–H groups in total. The van der Waals surface area contributed by atoms with Gasteiger partial charge in [0.15, 0.2) is 0 Å². The Morgan fingerprint density at radius 3 is 2.25 bits per heavy atom. The third-order valence-electron chi connectivity index (χ3n) is 5.71. The number of nitrogens with zero attached hydrogens (tertiary/aromatic N) is 2. The summed E-state index contributed by atoms with van der Waals surface area (Å²) in [6.07, 6.45) is 5.70. The highest BCUT2D eigenvalue weighted by Gasteiger charge is 2.55. The Labute approximate surface area is 143 Å². The topological polar surface area (TPSA) is 59.1 Å². The van der Waals surface area contributed by atoms with Crippen molar-refractivity contribution < 1.29 is 19.1 Å². The molecule has 24 heavy (non-hydrogen) atoms. The molecule has 1 aliphatic carbocycles. The molecule has 1 spiro atoms. The highest BCUT2D eigenvalue weighted by atomic mass is 16.6. The molecule has 6 nitrogen and oxygen atoms in total. The highest BCUT2D eigenvalue weighted by Crippen LogP contribution is 2.45. The first-order chi connectivity index (χ1) is 11.3. The zero-order chi connectivity index (χ0) is 17.1. The molecule has 3 heterocycles. The van der Waals surface area contributed by atoms with Gasteiger partial charge in [-0.25, -0.2) is 4.79 Å². The van der Waals surface area contributed by atoms with Gasteiger partial charge in [0.1, 0.15) is 12.2 Å². The Bertz CT molecular complexity index is 538. The Balaban J connectivity index is 1.48. The molecule has 134 valence electrons. The van der Waals surface area contributed by atoms with Gasteiger partial charge in [-0.1, -0.05) is 0 Å². The Kier molecular flexibility index (Phi) is 3.61. The van der Waals surface area contributed by atoms with Crippen LogP contribution in [0.1, 0.15) is 59.3 Å². The first-order valence-electron chi connectivity index (χ1n) is 9.21. The number of piperidine rings is 1. The molecule has 6 heteroatoms. The van der Waals surface area contributed by atoms with Crippen molar-refractivity contribution in [2.75, 3.05) is 13.2 Å². The van der Waals surface area contributed by atoms with E-state index in [2.05, 4.69) is 0 Å². The molecule has 0 aromatic heterocycles. The number of rotatable bonds is 1. The maximum atomic E-state index is 12.6. The van der Waals surface area contributed by atoms with E-state index in [1.807, 2.05) is 30.6 Å². The van der Waals surface area contributed by atoms with Crippen LogP contribution in [0.15, 0.2) is 0 Å². The van der Waals surface area contributed by atoms with E-state index in [0.717, 1.165) is 38.5 Å². The van der Waals surface area contributed by atoms with Crippen LogP contribution in [0.4, 0.5) is 4.79 Å². The summed E-state index contributed by atoms with van der Waals surface area (Å²) >= 11 is 0. The molecule has 2 unspecified atom stereocenters. The second kappa shape index (κ2) is 5.35. The summed E-state index contributed by atoms with van der Waals surface area (Å²) < 4.78 is 11.7. The van der Waals surface area contributed by atoms with Gasteiger partial charge in [0.05, 0.1) is 12.1 Å². The summed E-state index contributed by atoms with van der Waals surface area (Å²) in [5.41, 5.74) is -0.733. The Hall–Kier alpha value is -1.30. The SMILES string of the molecule is CC(C)(C)OC(=O)N1C2CCC1CC1(C2)CN(C2CC2)C(=O)CO1. The molecule has 1 saturated carbocycles. The number of carbonyl (C=O) groups excluding carboxylic acids is 2. The summed E-state index contributed by atoms with van der Waals surface area (Å²) in [6.45, 7) is 6.61. The maximum Gasteiger partial charge on any atom is 0.410 e. The van der Waals surface area contributed by atoms with Crippen LogP contribution in [0.5, 0.6) is 0 Å². The van der Waals surface area contributed by atoms with Crippen molar-refractivity contribution in [1.29, 1.82) is 0 Å². The van der Waals surface area contributed by atoms with Crippen molar-refractivity contribution in [1.82, 2.24) is 9.80 Å². The first-order valence-corrected chi connectivity index (χ1v) is 9.21. The van der Waals surface area contributed by atoms with Crippen LogP contribution in [0.2, 0.25) is 0 Å². The molecule has 4 fully saturated rings. The molecule has 0 aromatic rings. The second-order valence-electron chi connectivity index (χ2n) is 8.91. The van der Waals surface area contributed by atoms with Crippen LogP contribution in [0, 0.1) is 0 Å². The Morgan fingerprint density at radius 1 is 1.12 bits per heavy atom. The monoisotopic (exact) mass is 336 g/mol. The van der Waals surface area contributed by atoms with Crippen molar-refractivity contribution in [2.45, 2.75) is 88.6 Å². The van der Waals surface area contributed by atoms with Crippen molar-refractivity contribution in [3.8, 4) is 0 Å². The molecule has 4 rings (SSSR count). The van der Waals surface area contributed by atoms with E-state index in [1.54, 1.807) is 0 Å². The molecular weight excluding hydrogens is 308 g/mol. The van der Waals surface area contributed by atoms with Gasteiger partial charge < -0.3 is 19.3 Å². The lowest BCUT2D eigenvalue weighted by atomic mass is 9.84. The lowest BCUT2D eigenvalue weighted by Crippen LogP contribution is -2.62. The van der Waals surface area contributed by atoms with Gasteiger partial charge in [0.2, 0.25) is 5.91 Å². The van der Waals surface area contributed by atoms with Crippen LogP contribution in [0.25, 0.3) is 0 Å². The van der Waals surface area contributed by atoms with Crippen LogP contribution < -0.4 is 0 Å². The zero-order valence-electron chi connectivity index (χ0n) is 14.9. The predicted molar refractivity (Wildman–Crippen MR) is 87.5 cm³/mol. The standard InChI is InChI=1S/C18H28N2O4/c1-17(2,3)24-16(22)20-13-6-7-14(20)9-18(8-13)11-19(12-4-5-12)15(21)10-23-18/h12-14H,4-11H2,1-3H3. The molecule has 2 amide bonds. The van der Waals surface area contributed by atoms with Gasteiger partial charge in [-0.05, 0) is 59.3 Å². The molecule has 4 aliphatic rings. The van der Waals surface area contributed by atoms with E-state index in [9.17, 15) is 9.59 Å². The van der Waals surface area contributed by atoms with Gasteiger partial charge in [0.25, 0.3) is 0 Å². The first kappa shape index (κ1) is 16.2. The maximum absolute atomic E-state index is 12.6. The van der Waals surface area contributed by atoms with E-state index in [1.165, 1.54) is 0 Å². The molecule has 3 aliphatic heterocycles. The summed E-state index contributed by atoms with van der Waals surface area (Å²) in [5.74, 6) is 0.130.